The molecule has 0 fully saturated rings. The van der Waals surface area contributed by atoms with Crippen LogP contribution in [-0.2, 0) is 0 Å². The van der Waals surface area contributed by atoms with Crippen LogP contribution in [0, 0.1) is 5.92 Å². The lowest BCUT2D eigenvalue weighted by Crippen LogP contribution is -2.02. The molecule has 0 heterocycles. The van der Waals surface area contributed by atoms with Gasteiger partial charge in [-0.2, -0.15) is 24.4 Å². The van der Waals surface area contributed by atoms with E-state index < -0.39 is 0 Å². The number of thiol groups is 1. The summed E-state index contributed by atoms with van der Waals surface area (Å²) in [7, 11) is 0. The average Bonchev–Trinajstić information content (AvgIpc) is 2.17. The predicted octanol–water partition coefficient (Wildman–Crippen LogP) is 4.26. The SMILES string of the molecule is CCCCC(CC)CSCCCS. The first kappa shape index (κ1) is 13.7. The van der Waals surface area contributed by atoms with Crippen molar-refractivity contribution in [1.82, 2.24) is 0 Å². The number of hydrogen-bond donors (Lipinski definition) is 1. The summed E-state index contributed by atoms with van der Waals surface area (Å²) in [4.78, 5) is 0. The molecule has 0 amide bonds. The maximum absolute atomic E-state index is 4.21. The summed E-state index contributed by atoms with van der Waals surface area (Å²) in [5, 5.41) is 0. The van der Waals surface area contributed by atoms with E-state index in [-0.39, 0.29) is 0 Å². The Morgan fingerprint density at radius 3 is 2.54 bits per heavy atom. The first-order valence-corrected chi connectivity index (χ1v) is 7.32. The van der Waals surface area contributed by atoms with Crippen molar-refractivity contribution in [3.05, 3.63) is 0 Å². The lowest BCUT2D eigenvalue weighted by molar-refractivity contribution is 0.499. The van der Waals surface area contributed by atoms with Crippen LogP contribution in [0.3, 0.4) is 0 Å². The maximum Gasteiger partial charge on any atom is -0.00392 e. The summed E-state index contributed by atoms with van der Waals surface area (Å²) in [6, 6.07) is 0. The van der Waals surface area contributed by atoms with Crippen LogP contribution >= 0.6 is 24.4 Å². The Kier molecular flexibility index (Phi) is 11.4. The van der Waals surface area contributed by atoms with Gasteiger partial charge in [0.05, 0.1) is 0 Å². The van der Waals surface area contributed by atoms with Crippen molar-refractivity contribution < 1.29 is 0 Å². The summed E-state index contributed by atoms with van der Waals surface area (Å²) in [5.74, 6) is 4.67. The highest BCUT2D eigenvalue weighted by atomic mass is 32.2. The minimum Gasteiger partial charge on any atom is -0.179 e. The van der Waals surface area contributed by atoms with E-state index in [9.17, 15) is 0 Å². The Morgan fingerprint density at radius 1 is 1.23 bits per heavy atom. The second-order valence-corrected chi connectivity index (χ2v) is 5.17. The van der Waals surface area contributed by atoms with Gasteiger partial charge in [-0.3, -0.25) is 0 Å². The molecule has 1 atom stereocenters. The van der Waals surface area contributed by atoms with Gasteiger partial charge in [-0.05, 0) is 36.0 Å². The topological polar surface area (TPSA) is 0 Å². The molecule has 0 rings (SSSR count). The molecule has 0 aromatic rings. The molecule has 0 saturated carbocycles. The molecule has 2 heteroatoms. The van der Waals surface area contributed by atoms with Crippen LogP contribution in [0.15, 0.2) is 0 Å². The summed E-state index contributed by atoms with van der Waals surface area (Å²) in [6.45, 7) is 4.60. The van der Waals surface area contributed by atoms with Crippen LogP contribution in [-0.4, -0.2) is 17.3 Å². The summed E-state index contributed by atoms with van der Waals surface area (Å²) < 4.78 is 0. The van der Waals surface area contributed by atoms with Crippen LogP contribution in [0.1, 0.15) is 46.0 Å². The molecule has 0 spiro atoms. The van der Waals surface area contributed by atoms with Crippen molar-refractivity contribution in [2.45, 2.75) is 46.0 Å². The van der Waals surface area contributed by atoms with Gasteiger partial charge >= 0.3 is 0 Å². The third kappa shape index (κ3) is 9.01. The van der Waals surface area contributed by atoms with Crippen molar-refractivity contribution in [3.63, 3.8) is 0 Å². The van der Waals surface area contributed by atoms with Gasteiger partial charge in [-0.1, -0.05) is 33.1 Å². The largest absolute Gasteiger partial charge is 0.179 e. The summed E-state index contributed by atoms with van der Waals surface area (Å²) >= 11 is 6.32. The van der Waals surface area contributed by atoms with Crippen LogP contribution < -0.4 is 0 Å². The molecule has 0 saturated heterocycles. The van der Waals surface area contributed by atoms with Gasteiger partial charge in [0.15, 0.2) is 0 Å². The number of hydrogen-bond acceptors (Lipinski definition) is 2. The van der Waals surface area contributed by atoms with E-state index >= 15 is 0 Å². The molecule has 0 nitrogen and oxygen atoms in total. The molecule has 1 unspecified atom stereocenters. The first-order chi connectivity index (χ1) is 6.35. The standard InChI is InChI=1S/C11H24S2/c1-3-5-7-11(4-2)10-13-9-6-8-12/h11-12H,3-10H2,1-2H3. The lowest BCUT2D eigenvalue weighted by atomic mass is 10.0. The first-order valence-electron chi connectivity index (χ1n) is 5.53. The molecule has 0 bridgehead atoms. The maximum atomic E-state index is 4.21. The summed E-state index contributed by atoms with van der Waals surface area (Å²) in [5.41, 5.74) is 0. The van der Waals surface area contributed by atoms with Crippen molar-refractivity contribution in [1.29, 1.82) is 0 Å². The lowest BCUT2D eigenvalue weighted by Gasteiger charge is -2.13. The highest BCUT2D eigenvalue weighted by molar-refractivity contribution is 7.99. The van der Waals surface area contributed by atoms with Gasteiger partial charge in [0.25, 0.3) is 0 Å². The quantitative estimate of drug-likeness (QED) is 0.447. The zero-order chi connectivity index (χ0) is 9.94. The third-order valence-electron chi connectivity index (χ3n) is 2.34. The monoisotopic (exact) mass is 220 g/mol. The van der Waals surface area contributed by atoms with E-state index in [0.29, 0.717) is 0 Å². The van der Waals surface area contributed by atoms with Crippen LogP contribution in [0.25, 0.3) is 0 Å². The second kappa shape index (κ2) is 10.8. The van der Waals surface area contributed by atoms with E-state index in [0.717, 1.165) is 11.7 Å². The number of rotatable bonds is 9. The van der Waals surface area contributed by atoms with Crippen molar-refractivity contribution >= 4 is 24.4 Å². The second-order valence-electron chi connectivity index (χ2n) is 3.57. The fourth-order valence-corrected chi connectivity index (χ4v) is 2.94. The molecular weight excluding hydrogens is 196 g/mol. The molecule has 80 valence electrons. The zero-order valence-corrected chi connectivity index (χ0v) is 10.8. The molecule has 0 aromatic carbocycles. The van der Waals surface area contributed by atoms with E-state index in [1.54, 1.807) is 0 Å². The molecular formula is C11H24S2. The molecule has 13 heavy (non-hydrogen) atoms. The molecule has 0 radical (unpaired) electrons. The predicted molar refractivity (Wildman–Crippen MR) is 69.1 cm³/mol. The van der Waals surface area contributed by atoms with Gasteiger partial charge in [-0.25, -0.2) is 0 Å². The average molecular weight is 220 g/mol. The minimum absolute atomic E-state index is 0.963. The van der Waals surface area contributed by atoms with Gasteiger partial charge < -0.3 is 0 Å². The fraction of sp³-hybridized carbons (Fsp3) is 1.00. The number of thioether (sulfide) groups is 1. The van der Waals surface area contributed by atoms with Crippen LogP contribution in [0.4, 0.5) is 0 Å². The highest BCUT2D eigenvalue weighted by Gasteiger charge is 2.04. The van der Waals surface area contributed by atoms with Crippen LogP contribution in [0.2, 0.25) is 0 Å². The Bertz CT molecular complexity index is 94.1. The van der Waals surface area contributed by atoms with Crippen molar-refractivity contribution in [2.24, 2.45) is 5.92 Å². The van der Waals surface area contributed by atoms with E-state index in [2.05, 4.69) is 38.2 Å². The Hall–Kier alpha value is 0.700. The summed E-state index contributed by atoms with van der Waals surface area (Å²) in [6.07, 6.45) is 6.80. The van der Waals surface area contributed by atoms with E-state index in [1.165, 1.54) is 43.6 Å². The van der Waals surface area contributed by atoms with Gasteiger partial charge in [-0.15, -0.1) is 0 Å². The Morgan fingerprint density at radius 2 is 2.00 bits per heavy atom. The molecule has 0 N–H and O–H groups in total. The normalized spacial score (nSPS) is 13.2. The molecule has 0 aliphatic carbocycles. The van der Waals surface area contributed by atoms with Gasteiger partial charge in [0.2, 0.25) is 0 Å². The third-order valence-corrected chi connectivity index (χ3v) is 3.94. The highest BCUT2D eigenvalue weighted by Crippen LogP contribution is 2.18. The minimum atomic E-state index is 0.963. The fourth-order valence-electron chi connectivity index (χ4n) is 1.31. The van der Waals surface area contributed by atoms with Gasteiger partial charge in [0, 0.05) is 0 Å². The van der Waals surface area contributed by atoms with Crippen molar-refractivity contribution in [3.8, 4) is 0 Å². The molecule has 0 aliphatic heterocycles. The number of unbranched alkanes of at least 4 members (excludes halogenated alkanes) is 1. The van der Waals surface area contributed by atoms with E-state index in [1.807, 2.05) is 0 Å². The van der Waals surface area contributed by atoms with E-state index in [4.69, 9.17) is 0 Å². The van der Waals surface area contributed by atoms with Gasteiger partial charge in [0.1, 0.15) is 0 Å². The Labute approximate surface area is 93.7 Å². The molecule has 0 aromatic heterocycles. The smallest absolute Gasteiger partial charge is 0.00392 e. The van der Waals surface area contributed by atoms with Crippen molar-refractivity contribution in [2.75, 3.05) is 17.3 Å². The zero-order valence-electron chi connectivity index (χ0n) is 9.09. The Balaban J connectivity index is 3.25. The molecule has 0 aliphatic rings. The van der Waals surface area contributed by atoms with Crippen LogP contribution in [0.5, 0.6) is 0 Å².